The van der Waals surface area contributed by atoms with Crippen LogP contribution in [0.1, 0.15) is 31.7 Å². The van der Waals surface area contributed by atoms with Gasteiger partial charge in [0.2, 0.25) is 5.88 Å². The number of ether oxygens (including phenoxy) is 2. The largest absolute Gasteiger partial charge is 0.508 e. The molecule has 0 saturated carbocycles. The zero-order valence-corrected chi connectivity index (χ0v) is 26.2. The molecule has 0 amide bonds. The Balaban J connectivity index is 1.44. The molecule has 7 rings (SSSR count). The number of anilines is 1. The fraction of sp³-hybridized carbons (Fsp3) is 0.400. The zero-order valence-electron chi connectivity index (χ0n) is 26.2. The first-order valence-corrected chi connectivity index (χ1v) is 15.5. The normalized spacial score (nSPS) is 23.2. The van der Waals surface area contributed by atoms with Crippen molar-refractivity contribution < 1.29 is 23.4 Å². The number of nitrogens with one attached hydrogen (secondary N) is 1. The second-order valence-corrected chi connectivity index (χ2v) is 13.0. The van der Waals surface area contributed by atoms with Gasteiger partial charge < -0.3 is 29.7 Å². The number of methoxy groups -OCH3 is 1. The highest BCUT2D eigenvalue weighted by atomic mass is 19.1. The average molecular weight is 627 g/mol. The number of aromatic nitrogens is 3. The van der Waals surface area contributed by atoms with E-state index in [1.165, 1.54) is 31.4 Å². The third-order valence-electron chi connectivity index (χ3n) is 9.66. The summed E-state index contributed by atoms with van der Waals surface area (Å²) in [6.07, 6.45) is 8.63. The molecule has 2 bridgehead atoms. The molecule has 2 N–H and O–H groups in total. The van der Waals surface area contributed by atoms with Crippen LogP contribution in [0.25, 0.3) is 32.9 Å². The monoisotopic (exact) mass is 626 g/mol. The first-order valence-electron chi connectivity index (χ1n) is 15.5. The Morgan fingerprint density at radius 1 is 1.15 bits per heavy atom. The highest BCUT2D eigenvalue weighted by molar-refractivity contribution is 6.04. The fourth-order valence-corrected chi connectivity index (χ4v) is 7.23. The van der Waals surface area contributed by atoms with E-state index in [9.17, 15) is 9.50 Å². The third kappa shape index (κ3) is 5.06. The molecule has 46 heavy (non-hydrogen) atoms. The number of benzene rings is 2. The van der Waals surface area contributed by atoms with Crippen LogP contribution in [0.15, 0.2) is 36.4 Å². The Morgan fingerprint density at radius 3 is 2.63 bits per heavy atom. The molecule has 238 valence electrons. The van der Waals surface area contributed by atoms with Crippen LogP contribution in [0.3, 0.4) is 0 Å². The highest BCUT2D eigenvalue weighted by Gasteiger charge is 2.37. The molecule has 11 heteroatoms. The lowest BCUT2D eigenvalue weighted by Crippen LogP contribution is -2.51. The Morgan fingerprint density at radius 2 is 1.91 bits per heavy atom. The van der Waals surface area contributed by atoms with E-state index in [-0.39, 0.29) is 69.5 Å². The number of hydrogen-bond donors (Lipinski definition) is 2. The van der Waals surface area contributed by atoms with Gasteiger partial charge in [-0.25, -0.2) is 13.8 Å². The van der Waals surface area contributed by atoms with E-state index in [0.29, 0.717) is 29.7 Å². The van der Waals surface area contributed by atoms with Gasteiger partial charge in [0.1, 0.15) is 40.6 Å². The van der Waals surface area contributed by atoms with Crippen LogP contribution in [0.2, 0.25) is 0 Å². The molecule has 0 aliphatic carbocycles. The van der Waals surface area contributed by atoms with Crippen LogP contribution in [-0.4, -0.2) is 84.0 Å². The number of phenolic OH excluding ortho intramolecular Hbond substituents is 1. The van der Waals surface area contributed by atoms with Gasteiger partial charge in [-0.2, -0.15) is 9.97 Å². The van der Waals surface area contributed by atoms with E-state index in [0.717, 1.165) is 37.9 Å². The Hall–Kier alpha value is -4.53. The summed E-state index contributed by atoms with van der Waals surface area (Å²) in [5.41, 5.74) is 0.511. The number of nitrogens with zero attached hydrogens (tertiary/aromatic N) is 5. The van der Waals surface area contributed by atoms with Crippen molar-refractivity contribution in [1.29, 1.82) is 0 Å². The van der Waals surface area contributed by atoms with Crippen molar-refractivity contribution >= 4 is 27.5 Å². The van der Waals surface area contributed by atoms with Gasteiger partial charge in [0, 0.05) is 54.6 Å². The smallest absolute Gasteiger partial charge is 0.319 e. The average Bonchev–Trinajstić information content (AvgIpc) is 3.38. The van der Waals surface area contributed by atoms with Crippen LogP contribution in [0.4, 0.5) is 14.6 Å². The quantitative estimate of drug-likeness (QED) is 0.226. The lowest BCUT2D eigenvalue weighted by Gasteiger charge is -2.40. The van der Waals surface area contributed by atoms with E-state index < -0.39 is 11.6 Å². The number of terminal acetylenes is 1. The summed E-state index contributed by atoms with van der Waals surface area (Å²) in [6.45, 7) is 9.66. The molecule has 5 heterocycles. The van der Waals surface area contributed by atoms with Gasteiger partial charge in [-0.1, -0.05) is 31.1 Å². The molecule has 3 aliphatic heterocycles. The topological polar surface area (TPSA) is 95.9 Å². The molecule has 0 spiro atoms. The van der Waals surface area contributed by atoms with E-state index in [4.69, 9.17) is 20.9 Å². The predicted molar refractivity (Wildman–Crippen MR) is 173 cm³/mol. The van der Waals surface area contributed by atoms with Gasteiger partial charge >= 0.3 is 6.01 Å². The van der Waals surface area contributed by atoms with Gasteiger partial charge in [-0.3, -0.25) is 0 Å². The van der Waals surface area contributed by atoms with Crippen molar-refractivity contribution in [2.45, 2.75) is 38.3 Å². The second kappa shape index (κ2) is 11.4. The number of rotatable bonds is 6. The first kappa shape index (κ1) is 30.1. The fourth-order valence-electron chi connectivity index (χ4n) is 7.23. The lowest BCUT2D eigenvalue weighted by molar-refractivity contribution is 0.112. The van der Waals surface area contributed by atoms with Gasteiger partial charge in [-0.15, -0.1) is 6.42 Å². The van der Waals surface area contributed by atoms with Gasteiger partial charge in [0.15, 0.2) is 5.82 Å². The van der Waals surface area contributed by atoms with Crippen molar-refractivity contribution in [2.24, 2.45) is 5.41 Å². The number of piperazine rings is 1. The van der Waals surface area contributed by atoms with Crippen molar-refractivity contribution in [3.05, 3.63) is 53.6 Å². The molecular weight excluding hydrogens is 590 g/mol. The zero-order chi connectivity index (χ0) is 32.3. The first-order chi connectivity index (χ1) is 22.1. The van der Waals surface area contributed by atoms with Gasteiger partial charge in [-0.05, 0) is 49.9 Å². The van der Waals surface area contributed by atoms with Crippen LogP contribution >= 0.6 is 0 Å². The standard InChI is InChI=1S/C35H36F2N6O3/c1-6-24-26(36)10-7-20-13-23(44)14-25(27(20)24)30-29(37)31-28(33(39-30)45-5)32(43-15-21-8-9-22(16-43)38-21)41-34(40-31)46-18-35(3)17-42(4)12-11-19(35)2/h1,7,10,13-14,21-22,38,44H,2,8-9,11-12,15-18H2,3-5H3/t21-,22+,35-/m0/s1. The molecule has 0 radical (unpaired) electrons. The van der Waals surface area contributed by atoms with E-state index in [1.54, 1.807) is 0 Å². The molecule has 3 atom stereocenters. The van der Waals surface area contributed by atoms with Crippen LogP contribution in [-0.2, 0) is 0 Å². The lowest BCUT2D eigenvalue weighted by atomic mass is 9.79. The van der Waals surface area contributed by atoms with Gasteiger partial charge in [0.05, 0.1) is 12.7 Å². The van der Waals surface area contributed by atoms with Crippen LogP contribution < -0.4 is 19.7 Å². The molecule has 3 aliphatic rings. The van der Waals surface area contributed by atoms with Crippen molar-refractivity contribution in [3.63, 3.8) is 0 Å². The number of aromatic hydroxyl groups is 1. The highest BCUT2D eigenvalue weighted by Crippen LogP contribution is 2.43. The molecule has 2 aromatic carbocycles. The van der Waals surface area contributed by atoms with Crippen LogP contribution in [0, 0.1) is 29.4 Å². The molecular formula is C35H36F2N6O3. The van der Waals surface area contributed by atoms with Crippen LogP contribution in [0.5, 0.6) is 17.6 Å². The van der Waals surface area contributed by atoms with Crippen molar-refractivity contribution in [3.8, 4) is 41.2 Å². The molecule has 4 aromatic rings. The number of pyridine rings is 1. The molecule has 2 aromatic heterocycles. The molecule has 0 unspecified atom stereocenters. The number of hydrogen-bond acceptors (Lipinski definition) is 9. The number of fused-ring (bicyclic) bond motifs is 4. The Bertz CT molecular complexity index is 1930. The van der Waals surface area contributed by atoms with Gasteiger partial charge in [0.25, 0.3) is 0 Å². The Labute approximate surface area is 266 Å². The molecule has 9 nitrogen and oxygen atoms in total. The number of piperidine rings is 1. The number of likely N-dealkylation sites (tertiary alicyclic amines) is 1. The molecule has 3 fully saturated rings. The maximum Gasteiger partial charge on any atom is 0.319 e. The Kier molecular flexibility index (Phi) is 7.45. The summed E-state index contributed by atoms with van der Waals surface area (Å²) < 4.78 is 44.0. The minimum Gasteiger partial charge on any atom is -0.508 e. The minimum atomic E-state index is -0.797. The number of halogens is 2. The summed E-state index contributed by atoms with van der Waals surface area (Å²) in [5, 5.41) is 15.2. The van der Waals surface area contributed by atoms with E-state index in [1.807, 2.05) is 0 Å². The summed E-state index contributed by atoms with van der Waals surface area (Å²) in [6, 6.07) is 6.02. The third-order valence-corrected chi connectivity index (χ3v) is 9.66. The summed E-state index contributed by atoms with van der Waals surface area (Å²) >= 11 is 0. The van der Waals surface area contributed by atoms with E-state index >= 15 is 4.39 Å². The predicted octanol–water partition coefficient (Wildman–Crippen LogP) is 5.04. The van der Waals surface area contributed by atoms with E-state index in [2.05, 4.69) is 51.6 Å². The van der Waals surface area contributed by atoms with Crippen molar-refractivity contribution in [2.75, 3.05) is 51.8 Å². The second-order valence-electron chi connectivity index (χ2n) is 13.0. The van der Waals surface area contributed by atoms with Crippen molar-refractivity contribution in [1.82, 2.24) is 25.2 Å². The number of phenols is 1. The summed E-state index contributed by atoms with van der Waals surface area (Å²) in [5.74, 6) is 1.33. The minimum absolute atomic E-state index is 0.0184. The maximum absolute atomic E-state index is 17.0. The summed E-state index contributed by atoms with van der Waals surface area (Å²) in [7, 11) is 3.50. The SMILES string of the molecule is C#Cc1c(F)ccc2cc(O)cc(-c3nc(OC)c4c(N5C[C@H]6CC[C@@H](C5)N6)nc(OC[C@]5(C)CN(C)CCC5=C)nc4c3F)c12. The molecule has 3 saturated heterocycles. The summed E-state index contributed by atoms with van der Waals surface area (Å²) in [4.78, 5) is 18.4. The maximum atomic E-state index is 17.0.